The highest BCUT2D eigenvalue weighted by Gasteiger charge is 2.22. The molecule has 4 N–H and O–H groups in total. The molecule has 0 aliphatic heterocycles. The van der Waals surface area contributed by atoms with Crippen molar-refractivity contribution in [2.75, 3.05) is 11.5 Å². The van der Waals surface area contributed by atoms with Crippen molar-refractivity contribution >= 4 is 17.3 Å². The van der Waals surface area contributed by atoms with Gasteiger partial charge in [0.15, 0.2) is 0 Å². The first-order valence-corrected chi connectivity index (χ1v) is 6.47. The zero-order valence-corrected chi connectivity index (χ0v) is 10.5. The molecule has 1 aliphatic carbocycles. The quantitative estimate of drug-likeness (QED) is 0.636. The van der Waals surface area contributed by atoms with E-state index in [2.05, 4.69) is 0 Å². The third-order valence-electron chi connectivity index (χ3n) is 3.36. The average molecular weight is 248 g/mol. The molecular formula is C14H20N2O2. The van der Waals surface area contributed by atoms with E-state index in [0.29, 0.717) is 11.4 Å². The maximum atomic E-state index is 11.9. The molecule has 0 atom stereocenters. The molecule has 98 valence electrons. The van der Waals surface area contributed by atoms with Gasteiger partial charge in [-0.25, -0.2) is 0 Å². The van der Waals surface area contributed by atoms with Crippen molar-refractivity contribution in [2.24, 2.45) is 5.92 Å². The molecule has 0 aromatic heterocycles. The number of esters is 1. The highest BCUT2D eigenvalue weighted by atomic mass is 16.5. The molecule has 0 bridgehead atoms. The molecule has 1 fully saturated rings. The Balaban J connectivity index is 1.88. The summed E-state index contributed by atoms with van der Waals surface area (Å²) in [6, 6.07) is 5.25. The minimum absolute atomic E-state index is 0.0807. The molecule has 4 nitrogen and oxygen atoms in total. The Morgan fingerprint density at radius 3 is 2.33 bits per heavy atom. The first-order chi connectivity index (χ1) is 8.65. The van der Waals surface area contributed by atoms with Gasteiger partial charge in [-0.15, -0.1) is 0 Å². The number of anilines is 2. The van der Waals surface area contributed by atoms with Crippen LogP contribution >= 0.6 is 0 Å². The molecular weight excluding hydrogens is 228 g/mol. The van der Waals surface area contributed by atoms with Gasteiger partial charge in [0, 0.05) is 11.4 Å². The van der Waals surface area contributed by atoms with Gasteiger partial charge >= 0.3 is 5.97 Å². The lowest BCUT2D eigenvalue weighted by Crippen LogP contribution is -2.20. The van der Waals surface area contributed by atoms with Gasteiger partial charge in [-0.05, 0) is 36.6 Å². The fraction of sp³-hybridized carbons (Fsp3) is 0.500. The predicted octanol–water partition coefficient (Wildman–Crippen LogP) is 2.47. The number of nitrogens with two attached hydrogens (primary N) is 2. The second kappa shape index (κ2) is 5.76. The predicted molar refractivity (Wildman–Crippen MR) is 71.6 cm³/mol. The minimum atomic E-state index is -0.0873. The second-order valence-electron chi connectivity index (χ2n) is 4.95. The van der Waals surface area contributed by atoms with Crippen molar-refractivity contribution in [2.45, 2.75) is 38.7 Å². The van der Waals surface area contributed by atoms with Crippen LogP contribution < -0.4 is 11.5 Å². The maximum absolute atomic E-state index is 11.9. The van der Waals surface area contributed by atoms with Crippen molar-refractivity contribution in [3.63, 3.8) is 0 Å². The number of hydrogen-bond acceptors (Lipinski definition) is 4. The molecule has 4 heteroatoms. The van der Waals surface area contributed by atoms with Crippen LogP contribution in [0.1, 0.15) is 37.7 Å². The molecule has 1 aromatic carbocycles. The number of carbonyl (C=O) groups is 1. The van der Waals surface area contributed by atoms with Gasteiger partial charge in [0.25, 0.3) is 0 Å². The number of carbonyl (C=O) groups excluding carboxylic acids is 1. The summed E-state index contributed by atoms with van der Waals surface area (Å²) < 4.78 is 5.33. The number of rotatable bonds is 3. The van der Waals surface area contributed by atoms with Crippen LogP contribution in [0.3, 0.4) is 0 Å². The van der Waals surface area contributed by atoms with E-state index in [-0.39, 0.29) is 18.5 Å². The number of ether oxygens (including phenoxy) is 1. The molecule has 0 heterocycles. The molecule has 2 rings (SSSR count). The van der Waals surface area contributed by atoms with Gasteiger partial charge in [0.05, 0.1) is 5.92 Å². The van der Waals surface area contributed by atoms with Gasteiger partial charge < -0.3 is 16.2 Å². The Labute approximate surface area is 107 Å². The summed E-state index contributed by atoms with van der Waals surface area (Å²) in [7, 11) is 0. The smallest absolute Gasteiger partial charge is 0.309 e. The van der Waals surface area contributed by atoms with E-state index < -0.39 is 0 Å². The summed E-state index contributed by atoms with van der Waals surface area (Å²) >= 11 is 0. The van der Waals surface area contributed by atoms with Gasteiger partial charge in [-0.1, -0.05) is 19.3 Å². The Morgan fingerprint density at radius 1 is 1.11 bits per heavy atom. The summed E-state index contributed by atoms with van der Waals surface area (Å²) in [6.07, 6.45) is 5.40. The summed E-state index contributed by atoms with van der Waals surface area (Å²) in [5.74, 6) is -0.00662. The molecule has 1 saturated carbocycles. The highest BCUT2D eigenvalue weighted by Crippen LogP contribution is 2.25. The minimum Gasteiger partial charge on any atom is -0.461 e. The van der Waals surface area contributed by atoms with Gasteiger partial charge in [-0.2, -0.15) is 0 Å². The van der Waals surface area contributed by atoms with Crippen molar-refractivity contribution in [3.05, 3.63) is 23.8 Å². The van der Waals surface area contributed by atoms with Crippen molar-refractivity contribution in [1.82, 2.24) is 0 Å². The topological polar surface area (TPSA) is 78.3 Å². The van der Waals surface area contributed by atoms with E-state index >= 15 is 0 Å². The Bertz CT molecular complexity index is 406. The number of nitrogen functional groups attached to an aromatic ring is 2. The summed E-state index contributed by atoms with van der Waals surface area (Å²) in [5, 5.41) is 0. The first-order valence-electron chi connectivity index (χ1n) is 6.47. The lowest BCUT2D eigenvalue weighted by molar-refractivity contribution is -0.151. The van der Waals surface area contributed by atoms with Crippen LogP contribution in [-0.2, 0) is 16.1 Å². The zero-order valence-electron chi connectivity index (χ0n) is 10.5. The molecule has 0 amide bonds. The van der Waals surface area contributed by atoms with Crippen LogP contribution in [0.15, 0.2) is 18.2 Å². The third kappa shape index (κ3) is 3.39. The Morgan fingerprint density at radius 2 is 1.72 bits per heavy atom. The van der Waals surface area contributed by atoms with E-state index in [0.717, 1.165) is 31.2 Å². The molecule has 1 aliphatic rings. The Kier molecular flexibility index (Phi) is 4.07. The molecule has 0 radical (unpaired) electrons. The van der Waals surface area contributed by atoms with E-state index in [9.17, 15) is 4.79 Å². The first kappa shape index (κ1) is 12.7. The molecule has 0 saturated heterocycles. The highest BCUT2D eigenvalue weighted by molar-refractivity contribution is 5.72. The Hall–Kier alpha value is -1.71. The molecule has 18 heavy (non-hydrogen) atoms. The fourth-order valence-corrected chi connectivity index (χ4v) is 2.44. The number of hydrogen-bond donors (Lipinski definition) is 2. The van der Waals surface area contributed by atoms with Crippen LogP contribution in [-0.4, -0.2) is 5.97 Å². The molecule has 1 aromatic rings. The average Bonchev–Trinajstić information content (AvgIpc) is 2.36. The van der Waals surface area contributed by atoms with E-state index in [1.54, 1.807) is 18.2 Å². The second-order valence-corrected chi connectivity index (χ2v) is 4.95. The molecule has 0 spiro atoms. The van der Waals surface area contributed by atoms with E-state index in [4.69, 9.17) is 16.2 Å². The van der Waals surface area contributed by atoms with Crippen LogP contribution in [0, 0.1) is 5.92 Å². The lowest BCUT2D eigenvalue weighted by Gasteiger charge is -2.20. The largest absolute Gasteiger partial charge is 0.461 e. The van der Waals surface area contributed by atoms with Gasteiger partial charge in [0.1, 0.15) is 6.61 Å². The lowest BCUT2D eigenvalue weighted by atomic mass is 9.89. The van der Waals surface area contributed by atoms with Crippen LogP contribution in [0.2, 0.25) is 0 Å². The maximum Gasteiger partial charge on any atom is 0.309 e. The van der Waals surface area contributed by atoms with Gasteiger partial charge in [-0.3, -0.25) is 4.79 Å². The SMILES string of the molecule is Nc1cc(N)cc(COC(=O)C2CCCCC2)c1. The summed E-state index contributed by atoms with van der Waals surface area (Å²) in [6.45, 7) is 0.255. The van der Waals surface area contributed by atoms with Gasteiger partial charge in [0.2, 0.25) is 0 Å². The van der Waals surface area contributed by atoms with Crippen LogP contribution in [0.25, 0.3) is 0 Å². The van der Waals surface area contributed by atoms with E-state index in [1.807, 2.05) is 0 Å². The van der Waals surface area contributed by atoms with Crippen LogP contribution in [0.4, 0.5) is 11.4 Å². The molecule has 0 unspecified atom stereocenters. The number of benzene rings is 1. The summed E-state index contributed by atoms with van der Waals surface area (Å²) in [4.78, 5) is 11.9. The standard InChI is InChI=1S/C14H20N2O2/c15-12-6-10(7-13(16)8-12)9-18-14(17)11-4-2-1-3-5-11/h6-8,11H,1-5,9,15-16H2. The van der Waals surface area contributed by atoms with Crippen molar-refractivity contribution in [1.29, 1.82) is 0 Å². The van der Waals surface area contributed by atoms with Crippen molar-refractivity contribution in [3.8, 4) is 0 Å². The van der Waals surface area contributed by atoms with Crippen molar-refractivity contribution < 1.29 is 9.53 Å². The zero-order chi connectivity index (χ0) is 13.0. The van der Waals surface area contributed by atoms with Crippen LogP contribution in [0.5, 0.6) is 0 Å². The monoisotopic (exact) mass is 248 g/mol. The third-order valence-corrected chi connectivity index (χ3v) is 3.36. The normalized spacial score (nSPS) is 16.4. The fourth-order valence-electron chi connectivity index (χ4n) is 2.44. The van der Waals surface area contributed by atoms with E-state index in [1.165, 1.54) is 6.42 Å². The summed E-state index contributed by atoms with van der Waals surface area (Å²) in [5.41, 5.74) is 13.4.